The third-order valence-electron chi connectivity index (χ3n) is 6.93. The van der Waals surface area contributed by atoms with Gasteiger partial charge in [-0.25, -0.2) is 0 Å². The van der Waals surface area contributed by atoms with E-state index in [-0.39, 0.29) is 17.4 Å². The molecule has 2 N–H and O–H groups in total. The molecule has 1 heterocycles. The van der Waals surface area contributed by atoms with Crippen LogP contribution in [0.5, 0.6) is 0 Å². The van der Waals surface area contributed by atoms with Crippen LogP contribution in [0.1, 0.15) is 55.2 Å². The van der Waals surface area contributed by atoms with Crippen molar-refractivity contribution in [2.45, 2.75) is 56.6 Å². The van der Waals surface area contributed by atoms with E-state index in [9.17, 15) is 4.79 Å². The molecule has 5 heteroatoms. The summed E-state index contributed by atoms with van der Waals surface area (Å²) in [6, 6.07) is 6.40. The molecule has 0 bridgehead atoms. The maximum absolute atomic E-state index is 13.3. The quantitative estimate of drug-likeness (QED) is 0.581. The van der Waals surface area contributed by atoms with Gasteiger partial charge in [0, 0.05) is 24.0 Å². The largest absolute Gasteiger partial charge is 0.381 e. The topological polar surface area (TPSA) is 50.4 Å². The molecule has 1 unspecified atom stereocenters. The summed E-state index contributed by atoms with van der Waals surface area (Å²) in [5.41, 5.74) is 2.39. The summed E-state index contributed by atoms with van der Waals surface area (Å²) in [5, 5.41) is 6.74. The Bertz CT molecular complexity index is 887. The molecular formula is C22H24N2O2S. The Kier molecular flexibility index (Phi) is 3.86. The number of thiocarbonyl (C=S) groups is 1. The van der Waals surface area contributed by atoms with E-state index in [0.717, 1.165) is 43.2 Å². The number of fused-ring (bicyclic) bond motifs is 3. The van der Waals surface area contributed by atoms with E-state index >= 15 is 0 Å². The number of ether oxygens (including phenoxy) is 1. The van der Waals surface area contributed by atoms with Crippen LogP contribution in [0.15, 0.2) is 18.2 Å². The molecule has 1 aliphatic heterocycles. The number of hydrogen-bond donors (Lipinski definition) is 2. The summed E-state index contributed by atoms with van der Waals surface area (Å²) in [6.07, 6.45) is 7.46. The minimum Gasteiger partial charge on any atom is -0.381 e. The highest BCUT2D eigenvalue weighted by atomic mass is 32.1. The number of benzene rings is 1. The van der Waals surface area contributed by atoms with E-state index in [1.807, 2.05) is 0 Å². The molecule has 1 amide bonds. The second kappa shape index (κ2) is 6.05. The van der Waals surface area contributed by atoms with Crippen LogP contribution in [0, 0.1) is 23.2 Å². The molecule has 4 nitrogen and oxygen atoms in total. The molecule has 2 spiro atoms. The fraction of sp³-hybridized carbons (Fsp3) is 0.545. The van der Waals surface area contributed by atoms with Crippen molar-refractivity contribution < 1.29 is 9.53 Å². The summed E-state index contributed by atoms with van der Waals surface area (Å²) in [4.78, 5) is 13.3. The van der Waals surface area contributed by atoms with Gasteiger partial charge in [-0.05, 0) is 80.4 Å². The monoisotopic (exact) mass is 380 g/mol. The van der Waals surface area contributed by atoms with Crippen molar-refractivity contribution in [2.24, 2.45) is 11.3 Å². The Morgan fingerprint density at radius 2 is 2.00 bits per heavy atom. The summed E-state index contributed by atoms with van der Waals surface area (Å²) < 4.78 is 5.58. The first-order chi connectivity index (χ1) is 13.1. The van der Waals surface area contributed by atoms with E-state index in [0.29, 0.717) is 11.0 Å². The van der Waals surface area contributed by atoms with Crippen molar-refractivity contribution >= 4 is 23.2 Å². The van der Waals surface area contributed by atoms with E-state index in [1.165, 1.54) is 18.4 Å². The number of nitrogens with one attached hydrogen (secondary N) is 2. The average Bonchev–Trinajstić information content (AvgIpc) is 3.40. The van der Waals surface area contributed by atoms with E-state index in [2.05, 4.69) is 40.7 Å². The van der Waals surface area contributed by atoms with Crippen LogP contribution < -0.4 is 10.6 Å². The highest BCUT2D eigenvalue weighted by Gasteiger charge is 2.65. The highest BCUT2D eigenvalue weighted by Crippen LogP contribution is 2.59. The van der Waals surface area contributed by atoms with Gasteiger partial charge in [-0.1, -0.05) is 17.9 Å². The molecule has 3 fully saturated rings. The molecule has 1 aromatic carbocycles. The van der Waals surface area contributed by atoms with Crippen molar-refractivity contribution in [3.8, 4) is 11.8 Å². The number of methoxy groups -OCH3 is 1. The van der Waals surface area contributed by atoms with Crippen molar-refractivity contribution in [1.82, 2.24) is 10.6 Å². The van der Waals surface area contributed by atoms with Gasteiger partial charge in [0.2, 0.25) is 0 Å². The molecule has 140 valence electrons. The number of carbonyl (C=O) groups is 1. The summed E-state index contributed by atoms with van der Waals surface area (Å²) >= 11 is 5.36. The number of amides is 1. The molecule has 2 saturated carbocycles. The van der Waals surface area contributed by atoms with Gasteiger partial charge in [0.1, 0.15) is 0 Å². The standard InChI is InChI=1S/C22H24N2O2S/c1-26-17-8-10-21(11-9-17)13-16-7-6-15(5-4-14-2-3-14)12-18(16)22(21)19(25)23-20(27)24-22/h6-7,12,14,17H,2-3,8-11,13H2,1H3,(H2,23,24,25,27). The Morgan fingerprint density at radius 3 is 2.63 bits per heavy atom. The lowest BCUT2D eigenvalue weighted by molar-refractivity contribution is -0.131. The molecule has 3 aliphatic carbocycles. The van der Waals surface area contributed by atoms with Gasteiger partial charge < -0.3 is 15.4 Å². The predicted molar refractivity (Wildman–Crippen MR) is 107 cm³/mol. The minimum absolute atomic E-state index is 0.00517. The fourth-order valence-electron chi connectivity index (χ4n) is 5.30. The number of carbonyl (C=O) groups excluding carboxylic acids is 1. The van der Waals surface area contributed by atoms with E-state index < -0.39 is 5.54 Å². The Labute approximate surface area is 165 Å². The lowest BCUT2D eigenvalue weighted by Crippen LogP contribution is -2.56. The van der Waals surface area contributed by atoms with Crippen LogP contribution in [0.3, 0.4) is 0 Å². The first kappa shape index (κ1) is 17.2. The van der Waals surface area contributed by atoms with Crippen LogP contribution in [0.4, 0.5) is 0 Å². The van der Waals surface area contributed by atoms with Crippen molar-refractivity contribution in [2.75, 3.05) is 7.11 Å². The maximum atomic E-state index is 13.3. The zero-order valence-corrected chi connectivity index (χ0v) is 16.4. The van der Waals surface area contributed by atoms with Gasteiger partial charge in [0.25, 0.3) is 5.91 Å². The second-order valence-electron chi connectivity index (χ2n) is 8.47. The molecule has 5 rings (SSSR count). The summed E-state index contributed by atoms with van der Waals surface area (Å²) in [7, 11) is 1.78. The van der Waals surface area contributed by atoms with Gasteiger partial charge in [-0.2, -0.15) is 0 Å². The van der Waals surface area contributed by atoms with Crippen LogP contribution in [-0.4, -0.2) is 24.2 Å². The second-order valence-corrected chi connectivity index (χ2v) is 8.87. The van der Waals surface area contributed by atoms with Crippen molar-refractivity contribution in [3.05, 3.63) is 34.9 Å². The molecular weight excluding hydrogens is 356 g/mol. The third-order valence-corrected chi connectivity index (χ3v) is 7.13. The number of hydrogen-bond acceptors (Lipinski definition) is 3. The van der Waals surface area contributed by atoms with Crippen LogP contribution in [0.25, 0.3) is 0 Å². The lowest BCUT2D eigenvalue weighted by atomic mass is 9.61. The fourth-order valence-corrected chi connectivity index (χ4v) is 5.55. The molecule has 1 aromatic rings. The first-order valence-corrected chi connectivity index (χ1v) is 10.3. The highest BCUT2D eigenvalue weighted by molar-refractivity contribution is 7.80. The van der Waals surface area contributed by atoms with Gasteiger partial charge in [-0.3, -0.25) is 4.79 Å². The van der Waals surface area contributed by atoms with Gasteiger partial charge in [0.05, 0.1) is 6.10 Å². The van der Waals surface area contributed by atoms with Crippen LogP contribution >= 0.6 is 12.2 Å². The lowest BCUT2D eigenvalue weighted by Gasteiger charge is -2.46. The zero-order valence-electron chi connectivity index (χ0n) is 15.6. The Morgan fingerprint density at radius 1 is 1.22 bits per heavy atom. The van der Waals surface area contributed by atoms with Crippen molar-refractivity contribution in [3.63, 3.8) is 0 Å². The molecule has 27 heavy (non-hydrogen) atoms. The summed E-state index contributed by atoms with van der Waals surface area (Å²) in [6.45, 7) is 0. The van der Waals surface area contributed by atoms with Crippen molar-refractivity contribution in [1.29, 1.82) is 0 Å². The smallest absolute Gasteiger partial charge is 0.257 e. The summed E-state index contributed by atoms with van der Waals surface area (Å²) in [5.74, 6) is 7.20. The zero-order chi connectivity index (χ0) is 18.6. The van der Waals surface area contributed by atoms with Crippen LogP contribution in [0.2, 0.25) is 0 Å². The SMILES string of the molecule is COC1CCC2(CC1)Cc1ccc(C#CC3CC3)cc1C21NC(=S)NC1=O. The van der Waals surface area contributed by atoms with Crippen LogP contribution in [-0.2, 0) is 21.5 Å². The Balaban J connectivity index is 1.59. The van der Waals surface area contributed by atoms with E-state index in [4.69, 9.17) is 17.0 Å². The predicted octanol–water partition coefficient (Wildman–Crippen LogP) is 2.78. The normalized spacial score (nSPS) is 34.2. The molecule has 4 aliphatic rings. The number of rotatable bonds is 1. The Hall–Kier alpha value is -1.90. The minimum atomic E-state index is -0.768. The molecule has 1 saturated heterocycles. The third kappa shape index (κ3) is 2.54. The first-order valence-electron chi connectivity index (χ1n) is 9.88. The molecule has 1 atom stereocenters. The maximum Gasteiger partial charge on any atom is 0.257 e. The van der Waals surface area contributed by atoms with Gasteiger partial charge in [0.15, 0.2) is 10.7 Å². The molecule has 0 radical (unpaired) electrons. The molecule has 0 aromatic heterocycles. The van der Waals surface area contributed by atoms with Gasteiger partial charge >= 0.3 is 0 Å². The van der Waals surface area contributed by atoms with E-state index in [1.54, 1.807) is 7.11 Å². The average molecular weight is 381 g/mol. The van der Waals surface area contributed by atoms with Gasteiger partial charge in [-0.15, -0.1) is 0 Å².